The molecule has 0 bridgehead atoms. The minimum Gasteiger partial charge on any atom is -0.481 e. The zero-order chi connectivity index (χ0) is 12.4. The van der Waals surface area contributed by atoms with Gasteiger partial charge in [-0.05, 0) is 31.6 Å². The summed E-state index contributed by atoms with van der Waals surface area (Å²) in [5.74, 6) is 0.692. The molecule has 2 fully saturated rings. The summed E-state index contributed by atoms with van der Waals surface area (Å²) in [7, 11) is 3.18. The number of rotatable bonds is 3. The summed E-state index contributed by atoms with van der Waals surface area (Å²) in [4.78, 5) is 24.7. The number of hydrogen-bond acceptors (Lipinski definition) is 2. The van der Waals surface area contributed by atoms with Gasteiger partial charge in [0.1, 0.15) is 0 Å². The molecule has 0 spiro atoms. The SMILES string of the molecule is O=C(O)C1CCN(C(=O)S(=P)CC2CC2)CC1. The molecule has 0 aromatic carbocycles. The van der Waals surface area contributed by atoms with Crippen molar-refractivity contribution in [1.29, 1.82) is 0 Å². The van der Waals surface area contributed by atoms with Gasteiger partial charge in [-0.3, -0.25) is 9.59 Å². The van der Waals surface area contributed by atoms with Gasteiger partial charge in [0.25, 0.3) is 5.24 Å². The van der Waals surface area contributed by atoms with Gasteiger partial charge in [0.05, 0.1) is 5.92 Å². The van der Waals surface area contributed by atoms with Crippen molar-refractivity contribution >= 4 is 29.3 Å². The van der Waals surface area contributed by atoms with Crippen LogP contribution >= 0.6 is 8.02 Å². The second-order valence-corrected chi connectivity index (χ2v) is 7.81. The molecule has 1 atom stereocenters. The standard InChI is InChI=1S/C11H18NO3PS/c13-10(14)9-3-5-12(6-4-9)11(15)17(16)7-8-1-2-8/h8-9,16H,1-7H2,(H,13,14). The topological polar surface area (TPSA) is 57.6 Å². The smallest absolute Gasteiger partial charge is 0.306 e. The second kappa shape index (κ2) is 5.49. The monoisotopic (exact) mass is 275 g/mol. The summed E-state index contributed by atoms with van der Waals surface area (Å²) >= 11 is 0. The van der Waals surface area contributed by atoms with Crippen molar-refractivity contribution in [3.8, 4) is 0 Å². The fourth-order valence-corrected chi connectivity index (χ4v) is 4.59. The van der Waals surface area contributed by atoms with Gasteiger partial charge in [-0.2, -0.15) is 0 Å². The summed E-state index contributed by atoms with van der Waals surface area (Å²) in [6, 6.07) is 0. The number of carbonyl (C=O) groups excluding carboxylic acids is 1. The molecule has 1 aliphatic heterocycles. The number of nitrogens with zero attached hydrogens (tertiary/aromatic N) is 1. The molecule has 0 radical (unpaired) electrons. The molecule has 0 aromatic heterocycles. The van der Waals surface area contributed by atoms with Crippen molar-refractivity contribution in [2.24, 2.45) is 11.8 Å². The van der Waals surface area contributed by atoms with Gasteiger partial charge in [0.2, 0.25) is 0 Å². The first-order valence-electron chi connectivity index (χ1n) is 6.01. The van der Waals surface area contributed by atoms with E-state index in [1.807, 2.05) is 4.90 Å². The number of carboxylic acid groups (broad SMARTS) is 1. The second-order valence-electron chi connectivity index (χ2n) is 4.87. The predicted octanol–water partition coefficient (Wildman–Crippen LogP) is 1.99. The lowest BCUT2D eigenvalue weighted by atomic mass is 9.98. The molecule has 17 heavy (non-hydrogen) atoms. The fraction of sp³-hybridized carbons (Fsp3) is 0.818. The molecule has 1 aliphatic carbocycles. The molecule has 1 heterocycles. The van der Waals surface area contributed by atoms with Crippen LogP contribution in [0.25, 0.3) is 0 Å². The molecule has 1 amide bonds. The van der Waals surface area contributed by atoms with Crippen LogP contribution in [0.3, 0.4) is 0 Å². The van der Waals surface area contributed by atoms with Crippen molar-refractivity contribution in [3.05, 3.63) is 0 Å². The minimum atomic E-state index is -0.729. The van der Waals surface area contributed by atoms with Crippen LogP contribution in [0, 0.1) is 11.8 Å². The Bertz CT molecular complexity index is 349. The Morgan fingerprint density at radius 3 is 2.29 bits per heavy atom. The van der Waals surface area contributed by atoms with Crippen LogP contribution in [0.2, 0.25) is 0 Å². The molecule has 1 saturated heterocycles. The van der Waals surface area contributed by atoms with E-state index in [0.717, 1.165) is 11.7 Å². The average molecular weight is 275 g/mol. The van der Waals surface area contributed by atoms with Crippen LogP contribution < -0.4 is 0 Å². The zero-order valence-corrected chi connectivity index (χ0v) is 11.5. The Hall–Kier alpha value is -0.410. The summed E-state index contributed by atoms with van der Waals surface area (Å²) in [5.41, 5.74) is 0. The van der Waals surface area contributed by atoms with Crippen molar-refractivity contribution in [2.45, 2.75) is 25.7 Å². The van der Waals surface area contributed by atoms with E-state index >= 15 is 0 Å². The van der Waals surface area contributed by atoms with Crippen LogP contribution in [0.5, 0.6) is 0 Å². The van der Waals surface area contributed by atoms with E-state index < -0.39 is 5.97 Å². The number of hydrogen-bond donors (Lipinski definition) is 1. The van der Waals surface area contributed by atoms with Crippen molar-refractivity contribution in [2.75, 3.05) is 18.8 Å². The number of carboxylic acids is 1. The largest absolute Gasteiger partial charge is 0.481 e. The Morgan fingerprint density at radius 1 is 1.24 bits per heavy atom. The molecule has 2 aliphatic rings. The molecule has 0 aromatic rings. The van der Waals surface area contributed by atoms with E-state index in [4.69, 9.17) is 5.11 Å². The van der Waals surface area contributed by atoms with E-state index in [0.29, 0.717) is 25.9 Å². The van der Waals surface area contributed by atoms with Crippen LogP contribution in [-0.4, -0.2) is 40.1 Å². The molecular formula is C11H18NO3PS. The van der Waals surface area contributed by atoms with Gasteiger partial charge in [0.15, 0.2) is 0 Å². The Balaban J connectivity index is 1.80. The highest BCUT2D eigenvalue weighted by Crippen LogP contribution is 2.31. The van der Waals surface area contributed by atoms with Crippen LogP contribution in [-0.2, 0) is 14.9 Å². The molecule has 1 N–H and O–H groups in total. The summed E-state index contributed by atoms with van der Waals surface area (Å²) < 4.78 is 0. The van der Waals surface area contributed by atoms with Crippen molar-refractivity contribution in [1.82, 2.24) is 4.90 Å². The first-order chi connectivity index (χ1) is 8.08. The molecule has 1 unspecified atom stereocenters. The summed E-state index contributed by atoms with van der Waals surface area (Å²) in [6.07, 6.45) is 3.69. The molecule has 1 saturated carbocycles. The number of amides is 1. The first kappa shape index (κ1) is 13.0. The highest BCUT2D eigenvalue weighted by Gasteiger charge is 2.30. The maximum absolute atomic E-state index is 12.1. The van der Waals surface area contributed by atoms with Crippen LogP contribution in [0.15, 0.2) is 0 Å². The van der Waals surface area contributed by atoms with Crippen molar-refractivity contribution in [3.63, 3.8) is 0 Å². The van der Waals surface area contributed by atoms with E-state index in [1.54, 1.807) is 0 Å². The third-order valence-electron chi connectivity index (χ3n) is 3.41. The van der Waals surface area contributed by atoms with E-state index in [1.165, 1.54) is 12.8 Å². The number of likely N-dealkylation sites (tertiary alicyclic amines) is 1. The average Bonchev–Trinajstić information content (AvgIpc) is 3.12. The lowest BCUT2D eigenvalue weighted by Gasteiger charge is -2.30. The highest BCUT2D eigenvalue weighted by molar-refractivity contribution is 8.26. The lowest BCUT2D eigenvalue weighted by molar-refractivity contribution is -0.143. The first-order valence-corrected chi connectivity index (χ1v) is 8.63. The highest BCUT2D eigenvalue weighted by atomic mass is 32.5. The molecule has 96 valence electrons. The molecule has 4 nitrogen and oxygen atoms in total. The maximum atomic E-state index is 12.1. The third-order valence-corrected chi connectivity index (χ3v) is 5.92. The Kier molecular flexibility index (Phi) is 4.21. The van der Waals surface area contributed by atoms with Crippen LogP contribution in [0.1, 0.15) is 25.7 Å². The summed E-state index contributed by atoms with van der Waals surface area (Å²) in [5, 5.41) is 9.05. The predicted molar refractivity (Wildman–Crippen MR) is 70.6 cm³/mol. The number of carbonyl (C=O) groups is 2. The fourth-order valence-electron chi connectivity index (χ4n) is 2.06. The molecular weight excluding hydrogens is 257 g/mol. The van der Waals surface area contributed by atoms with E-state index in [2.05, 4.69) is 8.02 Å². The zero-order valence-electron chi connectivity index (χ0n) is 9.72. The minimum absolute atomic E-state index is 0.164. The van der Waals surface area contributed by atoms with E-state index in [9.17, 15) is 9.59 Å². The van der Waals surface area contributed by atoms with Gasteiger partial charge in [-0.25, -0.2) is 0 Å². The summed E-state index contributed by atoms with van der Waals surface area (Å²) in [6.45, 7) is 1.18. The Morgan fingerprint density at radius 2 is 1.82 bits per heavy atom. The lowest BCUT2D eigenvalue weighted by Crippen LogP contribution is -2.41. The van der Waals surface area contributed by atoms with Gasteiger partial charge in [0, 0.05) is 18.8 Å². The maximum Gasteiger partial charge on any atom is 0.306 e. The number of aliphatic carboxylic acids is 1. The number of piperidine rings is 1. The van der Waals surface area contributed by atoms with Crippen LogP contribution in [0.4, 0.5) is 4.79 Å². The Labute approximate surface area is 106 Å². The van der Waals surface area contributed by atoms with Gasteiger partial charge in [-0.1, -0.05) is 18.1 Å². The molecule has 2 rings (SSSR count). The van der Waals surface area contributed by atoms with E-state index in [-0.39, 0.29) is 21.2 Å². The van der Waals surface area contributed by atoms with Crippen molar-refractivity contribution < 1.29 is 14.7 Å². The van der Waals surface area contributed by atoms with Gasteiger partial charge < -0.3 is 10.0 Å². The molecule has 6 heteroatoms. The van der Waals surface area contributed by atoms with Gasteiger partial charge in [-0.15, -0.1) is 0 Å². The third kappa shape index (κ3) is 3.52. The van der Waals surface area contributed by atoms with Gasteiger partial charge >= 0.3 is 5.97 Å². The quantitative estimate of drug-likeness (QED) is 0.801. The normalized spacial score (nSPS) is 23.4.